The molecule has 1 heterocycles. The zero-order chi connectivity index (χ0) is 20.0. The highest BCUT2D eigenvalue weighted by atomic mass is 16.2. The maximum Gasteiger partial charge on any atom is 0.320 e. The molecule has 1 aliphatic carbocycles. The van der Waals surface area contributed by atoms with E-state index in [1.165, 1.54) is 6.42 Å². The topological polar surface area (TPSA) is 48.8 Å². The summed E-state index contributed by atoms with van der Waals surface area (Å²) in [5, 5.41) is 0. The molecule has 0 N–H and O–H groups in total. The molecule has 6 heteroatoms. The first-order valence-electron chi connectivity index (χ1n) is 10.2. The zero-order valence-electron chi connectivity index (χ0n) is 17.6. The Kier molecular flexibility index (Phi) is 7.75. The molecular weight excluding hydrogens is 340 g/mol. The van der Waals surface area contributed by atoms with Crippen LogP contribution in [-0.4, -0.2) is 64.4 Å². The van der Waals surface area contributed by atoms with Gasteiger partial charge >= 0.3 is 6.03 Å². The van der Waals surface area contributed by atoms with Crippen molar-refractivity contribution in [1.82, 2.24) is 19.3 Å². The number of aromatic nitrogens is 1. The third-order valence-corrected chi connectivity index (χ3v) is 5.29. The van der Waals surface area contributed by atoms with Gasteiger partial charge in [-0.1, -0.05) is 33.1 Å². The molecule has 0 radical (unpaired) electrons. The van der Waals surface area contributed by atoms with E-state index >= 15 is 0 Å². The van der Waals surface area contributed by atoms with E-state index in [9.17, 15) is 9.59 Å². The Labute approximate surface area is 164 Å². The van der Waals surface area contributed by atoms with Gasteiger partial charge in [-0.25, -0.2) is 4.79 Å². The number of rotatable bonds is 7. The van der Waals surface area contributed by atoms with Crippen molar-refractivity contribution >= 4 is 11.9 Å². The molecule has 1 aromatic heterocycles. The standard InChI is InChI=1S/C21H36N4O2/c1-17(2)14-24(15-19-12-9-13-23(19)5)20(26)16-25(21(27)22(3)4)18-10-7-6-8-11-18/h9,12-13,17-18H,6-8,10-11,14-16H2,1-5H3. The first kappa shape index (κ1) is 21.3. The molecule has 0 aliphatic heterocycles. The summed E-state index contributed by atoms with van der Waals surface area (Å²) in [6, 6.07) is 4.16. The van der Waals surface area contributed by atoms with Gasteiger partial charge < -0.3 is 19.3 Å². The number of urea groups is 1. The minimum absolute atomic E-state index is 0.0330. The van der Waals surface area contributed by atoms with Crippen LogP contribution in [0.15, 0.2) is 18.3 Å². The molecule has 0 bridgehead atoms. The fourth-order valence-electron chi connectivity index (χ4n) is 3.80. The van der Waals surface area contributed by atoms with Crippen molar-refractivity contribution in [2.75, 3.05) is 27.2 Å². The molecule has 6 nitrogen and oxygen atoms in total. The van der Waals surface area contributed by atoms with Gasteiger partial charge in [-0.2, -0.15) is 0 Å². The van der Waals surface area contributed by atoms with Crippen LogP contribution in [0.1, 0.15) is 51.6 Å². The molecule has 1 aromatic rings. The summed E-state index contributed by atoms with van der Waals surface area (Å²) in [7, 11) is 5.52. The highest BCUT2D eigenvalue weighted by Crippen LogP contribution is 2.23. The third-order valence-electron chi connectivity index (χ3n) is 5.29. The molecule has 3 amide bonds. The summed E-state index contributed by atoms with van der Waals surface area (Å²) in [5.74, 6) is 0.410. The second kappa shape index (κ2) is 9.81. The van der Waals surface area contributed by atoms with Gasteiger partial charge in [0.1, 0.15) is 6.54 Å². The van der Waals surface area contributed by atoms with E-state index in [0.717, 1.165) is 31.4 Å². The molecule has 2 rings (SSSR count). The van der Waals surface area contributed by atoms with E-state index in [0.29, 0.717) is 19.0 Å². The smallest absolute Gasteiger partial charge is 0.320 e. The van der Waals surface area contributed by atoms with Crippen LogP contribution < -0.4 is 0 Å². The summed E-state index contributed by atoms with van der Waals surface area (Å²) in [6.45, 7) is 5.68. The van der Waals surface area contributed by atoms with E-state index in [1.807, 2.05) is 34.8 Å². The quantitative estimate of drug-likeness (QED) is 0.733. The molecule has 1 saturated carbocycles. The summed E-state index contributed by atoms with van der Waals surface area (Å²) >= 11 is 0. The predicted octanol–water partition coefficient (Wildman–Crippen LogP) is 3.33. The second-order valence-electron chi connectivity index (χ2n) is 8.38. The molecule has 152 valence electrons. The Balaban J connectivity index is 2.14. The largest absolute Gasteiger partial charge is 0.353 e. The maximum atomic E-state index is 13.2. The molecule has 0 spiro atoms. The van der Waals surface area contributed by atoms with Crippen LogP contribution in [0.2, 0.25) is 0 Å². The van der Waals surface area contributed by atoms with Gasteiger partial charge in [0.2, 0.25) is 5.91 Å². The van der Waals surface area contributed by atoms with Gasteiger partial charge in [-0.05, 0) is 30.9 Å². The lowest BCUT2D eigenvalue weighted by Gasteiger charge is -2.37. The third kappa shape index (κ3) is 6.01. The van der Waals surface area contributed by atoms with Gasteiger partial charge in [0.15, 0.2) is 0 Å². The van der Waals surface area contributed by atoms with Crippen molar-refractivity contribution in [3.8, 4) is 0 Å². The number of hydrogen-bond donors (Lipinski definition) is 0. The number of carbonyl (C=O) groups excluding carboxylic acids is 2. The molecule has 0 aromatic carbocycles. The summed E-state index contributed by atoms with van der Waals surface area (Å²) in [5.41, 5.74) is 1.10. The first-order valence-corrected chi connectivity index (χ1v) is 10.2. The normalized spacial score (nSPS) is 15.0. The van der Waals surface area contributed by atoms with E-state index in [1.54, 1.807) is 23.9 Å². The molecule has 27 heavy (non-hydrogen) atoms. The van der Waals surface area contributed by atoms with Gasteiger partial charge in [0.25, 0.3) is 0 Å². The highest BCUT2D eigenvalue weighted by molar-refractivity contribution is 5.84. The molecule has 0 atom stereocenters. The van der Waals surface area contributed by atoms with Gasteiger partial charge in [0.05, 0.1) is 6.54 Å². The Hall–Kier alpha value is -1.98. The van der Waals surface area contributed by atoms with Crippen LogP contribution in [0, 0.1) is 5.92 Å². The molecule has 0 unspecified atom stereocenters. The van der Waals surface area contributed by atoms with Gasteiger partial charge in [-0.3, -0.25) is 4.79 Å². The van der Waals surface area contributed by atoms with Crippen molar-refractivity contribution < 1.29 is 9.59 Å². The van der Waals surface area contributed by atoms with Crippen LogP contribution in [0.5, 0.6) is 0 Å². The maximum absolute atomic E-state index is 13.2. The zero-order valence-corrected chi connectivity index (χ0v) is 17.6. The van der Waals surface area contributed by atoms with Crippen LogP contribution in [0.25, 0.3) is 0 Å². The van der Waals surface area contributed by atoms with Crippen LogP contribution >= 0.6 is 0 Å². The first-order chi connectivity index (χ1) is 12.8. The Morgan fingerprint density at radius 2 is 1.85 bits per heavy atom. The van der Waals surface area contributed by atoms with E-state index in [4.69, 9.17) is 0 Å². The highest BCUT2D eigenvalue weighted by Gasteiger charge is 2.30. The summed E-state index contributed by atoms with van der Waals surface area (Å²) < 4.78 is 2.05. The Morgan fingerprint density at radius 3 is 2.37 bits per heavy atom. The van der Waals surface area contributed by atoms with Crippen molar-refractivity contribution in [2.24, 2.45) is 13.0 Å². The monoisotopic (exact) mass is 376 g/mol. The SMILES string of the molecule is CC(C)CN(Cc1cccn1C)C(=O)CN(C(=O)N(C)C)C1CCCCC1. The van der Waals surface area contributed by atoms with Crippen molar-refractivity contribution in [1.29, 1.82) is 0 Å². The van der Waals surface area contributed by atoms with E-state index in [2.05, 4.69) is 13.8 Å². The van der Waals surface area contributed by atoms with Crippen LogP contribution in [0.3, 0.4) is 0 Å². The number of carbonyl (C=O) groups is 2. The van der Waals surface area contributed by atoms with E-state index < -0.39 is 0 Å². The molecule has 1 fully saturated rings. The Bertz CT molecular complexity index is 617. The minimum atomic E-state index is -0.0568. The lowest BCUT2D eigenvalue weighted by atomic mass is 9.94. The average molecular weight is 377 g/mol. The Morgan fingerprint density at radius 1 is 1.19 bits per heavy atom. The minimum Gasteiger partial charge on any atom is -0.353 e. The van der Waals surface area contributed by atoms with Crippen molar-refractivity contribution in [3.05, 3.63) is 24.0 Å². The number of aryl methyl sites for hydroxylation is 1. The second-order valence-corrected chi connectivity index (χ2v) is 8.38. The van der Waals surface area contributed by atoms with Crippen molar-refractivity contribution in [2.45, 2.75) is 58.5 Å². The summed E-state index contributed by atoms with van der Waals surface area (Å²) in [6.07, 6.45) is 7.48. The van der Waals surface area contributed by atoms with Gasteiger partial charge in [0, 0.05) is 45.6 Å². The number of amides is 3. The summed E-state index contributed by atoms with van der Waals surface area (Å²) in [4.78, 5) is 31.3. The van der Waals surface area contributed by atoms with Crippen LogP contribution in [-0.2, 0) is 18.4 Å². The van der Waals surface area contributed by atoms with Crippen LogP contribution in [0.4, 0.5) is 4.79 Å². The van der Waals surface area contributed by atoms with Gasteiger partial charge in [-0.15, -0.1) is 0 Å². The fourth-order valence-corrected chi connectivity index (χ4v) is 3.80. The lowest BCUT2D eigenvalue weighted by molar-refractivity contribution is -0.133. The molecule has 0 saturated heterocycles. The van der Waals surface area contributed by atoms with E-state index in [-0.39, 0.29) is 24.5 Å². The molecule has 1 aliphatic rings. The number of nitrogens with zero attached hydrogens (tertiary/aromatic N) is 4. The fraction of sp³-hybridized carbons (Fsp3) is 0.714. The average Bonchev–Trinajstić information content (AvgIpc) is 3.03. The lowest BCUT2D eigenvalue weighted by Crippen LogP contribution is -2.51. The number of hydrogen-bond acceptors (Lipinski definition) is 2. The predicted molar refractivity (Wildman–Crippen MR) is 108 cm³/mol. The molecular formula is C21H36N4O2. The van der Waals surface area contributed by atoms with Crippen molar-refractivity contribution in [3.63, 3.8) is 0 Å².